The van der Waals surface area contributed by atoms with E-state index in [1.165, 1.54) is 23.1 Å². The molecule has 0 saturated heterocycles. The molecule has 1 amide bonds. The van der Waals surface area contributed by atoms with Crippen LogP contribution in [0.25, 0.3) is 10.2 Å². The number of amides is 1. The molecule has 0 aliphatic carbocycles. The molecule has 0 bridgehead atoms. The molecular formula is C17H17N3O2S2. The minimum atomic E-state index is -0.153. The second-order valence-corrected chi connectivity index (χ2v) is 7.38. The number of thiophene rings is 1. The number of nitrogens with zero attached hydrogens (tertiary/aromatic N) is 2. The Morgan fingerprint density at radius 3 is 2.92 bits per heavy atom. The van der Waals surface area contributed by atoms with E-state index in [-0.39, 0.29) is 18.0 Å². The van der Waals surface area contributed by atoms with Crippen LogP contribution in [0.4, 0.5) is 0 Å². The average molecular weight is 359 g/mol. The number of aromatic nitrogens is 2. The van der Waals surface area contributed by atoms with Crippen LogP contribution in [0, 0.1) is 6.92 Å². The van der Waals surface area contributed by atoms with Gasteiger partial charge in [0, 0.05) is 11.9 Å². The topological polar surface area (TPSA) is 66.1 Å². The highest BCUT2D eigenvalue weighted by molar-refractivity contribution is 8.00. The zero-order chi connectivity index (χ0) is 17.1. The van der Waals surface area contributed by atoms with Crippen LogP contribution in [-0.2, 0) is 11.3 Å². The number of H-pyrrole nitrogens is 1. The third-order valence-electron chi connectivity index (χ3n) is 3.62. The minimum Gasteiger partial charge on any atom is -0.338 e. The van der Waals surface area contributed by atoms with E-state index in [0.29, 0.717) is 21.8 Å². The molecule has 5 nitrogen and oxygen atoms in total. The Labute approximate surface area is 147 Å². The maximum atomic E-state index is 12.3. The van der Waals surface area contributed by atoms with Crippen molar-refractivity contribution in [2.24, 2.45) is 0 Å². The van der Waals surface area contributed by atoms with Crippen LogP contribution < -0.4 is 5.56 Å². The van der Waals surface area contributed by atoms with Gasteiger partial charge in [-0.05, 0) is 30.0 Å². The van der Waals surface area contributed by atoms with Gasteiger partial charge in [0.2, 0.25) is 5.91 Å². The molecule has 1 aromatic carbocycles. The zero-order valence-electron chi connectivity index (χ0n) is 13.4. The van der Waals surface area contributed by atoms with Gasteiger partial charge in [0.05, 0.1) is 17.8 Å². The molecule has 0 spiro atoms. The summed E-state index contributed by atoms with van der Waals surface area (Å²) in [6, 6.07) is 9.80. The third kappa shape index (κ3) is 3.68. The van der Waals surface area contributed by atoms with E-state index in [1.807, 2.05) is 42.6 Å². The van der Waals surface area contributed by atoms with Gasteiger partial charge in [0.1, 0.15) is 10.5 Å². The summed E-state index contributed by atoms with van der Waals surface area (Å²) < 4.78 is 0.614. The van der Waals surface area contributed by atoms with Gasteiger partial charge in [-0.25, -0.2) is 4.98 Å². The minimum absolute atomic E-state index is 0.00341. The molecular weight excluding hydrogens is 342 g/mol. The summed E-state index contributed by atoms with van der Waals surface area (Å²) >= 11 is 2.88. The van der Waals surface area contributed by atoms with Crippen molar-refractivity contribution in [2.45, 2.75) is 18.4 Å². The van der Waals surface area contributed by atoms with Gasteiger partial charge >= 0.3 is 0 Å². The standard InChI is InChI=1S/C17H17N3O2S2/c1-11-5-3-4-6-13(11)24-10-15(21)20(2)9-14-18-12-7-8-23-16(12)17(22)19-14/h3-8H,9-10H2,1-2H3,(H,18,19,22). The second kappa shape index (κ2) is 7.19. The van der Waals surface area contributed by atoms with Crippen molar-refractivity contribution in [3.8, 4) is 0 Å². The van der Waals surface area contributed by atoms with E-state index < -0.39 is 0 Å². The number of carbonyl (C=O) groups is 1. The first-order valence-corrected chi connectivity index (χ1v) is 9.30. The number of hydrogen-bond donors (Lipinski definition) is 1. The number of carbonyl (C=O) groups excluding carboxylic acids is 1. The number of thioether (sulfide) groups is 1. The molecule has 3 rings (SSSR count). The van der Waals surface area contributed by atoms with Crippen molar-refractivity contribution < 1.29 is 4.79 Å². The van der Waals surface area contributed by atoms with Crippen LogP contribution in [-0.4, -0.2) is 33.6 Å². The molecule has 0 fully saturated rings. The Morgan fingerprint density at radius 1 is 1.33 bits per heavy atom. The van der Waals surface area contributed by atoms with E-state index in [9.17, 15) is 9.59 Å². The molecule has 2 aromatic heterocycles. The van der Waals surface area contributed by atoms with E-state index in [1.54, 1.807) is 11.9 Å². The average Bonchev–Trinajstić information content (AvgIpc) is 3.03. The summed E-state index contributed by atoms with van der Waals surface area (Å²) in [4.78, 5) is 34.1. The third-order valence-corrected chi connectivity index (χ3v) is 5.68. The molecule has 0 aliphatic rings. The van der Waals surface area contributed by atoms with Crippen molar-refractivity contribution in [1.29, 1.82) is 0 Å². The van der Waals surface area contributed by atoms with Crippen molar-refractivity contribution >= 4 is 39.2 Å². The van der Waals surface area contributed by atoms with Crippen LogP contribution in [0.1, 0.15) is 11.4 Å². The highest BCUT2D eigenvalue weighted by Gasteiger charge is 2.13. The van der Waals surface area contributed by atoms with Crippen molar-refractivity contribution in [3.63, 3.8) is 0 Å². The number of nitrogens with one attached hydrogen (secondary N) is 1. The Kier molecular flexibility index (Phi) is 5.01. The lowest BCUT2D eigenvalue weighted by atomic mass is 10.2. The van der Waals surface area contributed by atoms with Gasteiger partial charge in [-0.3, -0.25) is 9.59 Å². The maximum Gasteiger partial charge on any atom is 0.268 e. The van der Waals surface area contributed by atoms with Crippen molar-refractivity contribution in [2.75, 3.05) is 12.8 Å². The monoisotopic (exact) mass is 359 g/mol. The summed E-state index contributed by atoms with van der Waals surface area (Å²) in [5.41, 5.74) is 1.68. The Hall–Kier alpha value is -2.12. The van der Waals surface area contributed by atoms with Gasteiger partial charge < -0.3 is 9.88 Å². The summed E-state index contributed by atoms with van der Waals surface area (Å²) in [6.45, 7) is 2.31. The fourth-order valence-corrected chi connectivity index (χ4v) is 3.97. The lowest BCUT2D eigenvalue weighted by Gasteiger charge is -2.16. The summed E-state index contributed by atoms with van der Waals surface area (Å²) in [6.07, 6.45) is 0. The molecule has 0 saturated carbocycles. The molecule has 2 heterocycles. The number of aromatic amines is 1. The van der Waals surface area contributed by atoms with E-state index in [4.69, 9.17) is 0 Å². The summed E-state index contributed by atoms with van der Waals surface area (Å²) in [5.74, 6) is 0.852. The van der Waals surface area contributed by atoms with Gasteiger partial charge in [-0.1, -0.05) is 18.2 Å². The zero-order valence-corrected chi connectivity index (χ0v) is 15.0. The quantitative estimate of drug-likeness (QED) is 0.711. The normalized spacial score (nSPS) is 10.9. The predicted molar refractivity (Wildman–Crippen MR) is 98.6 cm³/mol. The van der Waals surface area contributed by atoms with Gasteiger partial charge in [0.25, 0.3) is 5.56 Å². The number of fused-ring (bicyclic) bond motifs is 1. The fraction of sp³-hybridized carbons (Fsp3) is 0.235. The van der Waals surface area contributed by atoms with E-state index >= 15 is 0 Å². The second-order valence-electron chi connectivity index (χ2n) is 5.45. The van der Waals surface area contributed by atoms with Crippen LogP contribution in [0.3, 0.4) is 0 Å². The Morgan fingerprint density at radius 2 is 2.12 bits per heavy atom. The maximum absolute atomic E-state index is 12.3. The van der Waals surface area contributed by atoms with Gasteiger partial charge in [0.15, 0.2) is 0 Å². The van der Waals surface area contributed by atoms with Crippen molar-refractivity contribution in [3.05, 3.63) is 57.5 Å². The van der Waals surface area contributed by atoms with E-state index in [0.717, 1.165) is 10.5 Å². The molecule has 24 heavy (non-hydrogen) atoms. The highest BCUT2D eigenvalue weighted by Crippen LogP contribution is 2.22. The van der Waals surface area contributed by atoms with Gasteiger partial charge in [-0.2, -0.15) is 0 Å². The first-order chi connectivity index (χ1) is 11.5. The number of benzene rings is 1. The largest absolute Gasteiger partial charge is 0.338 e. The van der Waals surface area contributed by atoms with Crippen molar-refractivity contribution in [1.82, 2.24) is 14.9 Å². The Balaban J connectivity index is 1.65. The molecule has 0 atom stereocenters. The summed E-state index contributed by atoms with van der Waals surface area (Å²) in [5, 5.41) is 1.84. The van der Waals surface area contributed by atoms with Gasteiger partial charge in [-0.15, -0.1) is 23.1 Å². The lowest BCUT2D eigenvalue weighted by Crippen LogP contribution is -2.29. The molecule has 0 aliphatic heterocycles. The highest BCUT2D eigenvalue weighted by atomic mass is 32.2. The molecule has 0 radical (unpaired) electrons. The molecule has 3 aromatic rings. The van der Waals surface area contributed by atoms with Crippen LogP contribution >= 0.6 is 23.1 Å². The fourth-order valence-electron chi connectivity index (χ4n) is 2.28. The van der Waals surface area contributed by atoms with Crippen LogP contribution in [0.2, 0.25) is 0 Å². The van der Waals surface area contributed by atoms with E-state index in [2.05, 4.69) is 9.97 Å². The number of rotatable bonds is 5. The number of hydrogen-bond acceptors (Lipinski definition) is 5. The first-order valence-electron chi connectivity index (χ1n) is 7.43. The summed E-state index contributed by atoms with van der Waals surface area (Å²) in [7, 11) is 1.72. The smallest absolute Gasteiger partial charge is 0.268 e. The van der Waals surface area contributed by atoms with Crippen LogP contribution in [0.15, 0.2) is 45.4 Å². The predicted octanol–water partition coefficient (Wildman–Crippen LogP) is 3.04. The lowest BCUT2D eigenvalue weighted by molar-refractivity contribution is -0.127. The first kappa shape index (κ1) is 16.7. The number of aryl methyl sites for hydroxylation is 1. The Bertz CT molecular complexity index is 933. The molecule has 7 heteroatoms. The van der Waals surface area contributed by atoms with Crippen LogP contribution in [0.5, 0.6) is 0 Å². The molecule has 124 valence electrons. The molecule has 1 N–H and O–H groups in total. The molecule has 0 unspecified atom stereocenters. The SMILES string of the molecule is Cc1ccccc1SCC(=O)N(C)Cc1nc2ccsc2c(=O)[nH]1.